The van der Waals surface area contributed by atoms with Crippen molar-refractivity contribution in [1.29, 1.82) is 0 Å². The van der Waals surface area contributed by atoms with Crippen molar-refractivity contribution in [1.82, 2.24) is 0 Å². The third-order valence-electron chi connectivity index (χ3n) is 1.82. The lowest BCUT2D eigenvalue weighted by molar-refractivity contribution is 0.0960. The minimum absolute atomic E-state index is 0.0648. The monoisotopic (exact) mass is 202 g/mol. The predicted octanol–water partition coefficient (Wildman–Crippen LogP) is 2.02. The van der Waals surface area contributed by atoms with E-state index in [2.05, 4.69) is 15.9 Å². The second-order valence-corrected chi connectivity index (χ2v) is 3.48. The highest BCUT2D eigenvalue weighted by atomic mass is 79.9. The molecular weight excluding hydrogens is 192 g/mol. The van der Waals surface area contributed by atoms with Gasteiger partial charge in [0.2, 0.25) is 0 Å². The van der Waals surface area contributed by atoms with Crippen LogP contribution in [-0.2, 0) is 0 Å². The van der Waals surface area contributed by atoms with Gasteiger partial charge in [-0.25, -0.2) is 0 Å². The first-order valence-corrected chi connectivity index (χ1v) is 4.33. The Morgan fingerprint density at radius 2 is 2.30 bits per heavy atom. The predicted molar refractivity (Wildman–Crippen MR) is 46.2 cm³/mol. The van der Waals surface area contributed by atoms with Crippen molar-refractivity contribution in [3.63, 3.8) is 0 Å². The van der Waals surface area contributed by atoms with Gasteiger partial charge in [0.15, 0.2) is 0 Å². The zero-order valence-electron chi connectivity index (χ0n) is 5.92. The number of hydrogen-bond donors (Lipinski definition) is 1. The number of allylic oxidation sites excluding steroid dienone is 2. The van der Waals surface area contributed by atoms with Crippen LogP contribution in [0.3, 0.4) is 0 Å². The van der Waals surface area contributed by atoms with Crippen LogP contribution in [0.5, 0.6) is 0 Å². The van der Waals surface area contributed by atoms with Gasteiger partial charge in [-0.3, -0.25) is 0 Å². The maximum absolute atomic E-state index is 9.76. The van der Waals surface area contributed by atoms with Crippen LogP contribution in [0.1, 0.15) is 13.3 Å². The summed E-state index contributed by atoms with van der Waals surface area (Å²) in [5.41, 5.74) is -0.672. The molecule has 1 aliphatic carbocycles. The summed E-state index contributed by atoms with van der Waals surface area (Å²) < 4.78 is 0. The molecule has 0 radical (unpaired) electrons. The minimum Gasteiger partial charge on any atom is -0.384 e. The average molecular weight is 203 g/mol. The largest absolute Gasteiger partial charge is 0.384 e. The molecule has 2 atom stereocenters. The van der Waals surface area contributed by atoms with Crippen LogP contribution in [0.4, 0.5) is 0 Å². The molecule has 0 spiro atoms. The Morgan fingerprint density at radius 1 is 1.60 bits per heavy atom. The first-order valence-electron chi connectivity index (χ1n) is 3.41. The Bertz CT molecular complexity index is 174. The van der Waals surface area contributed by atoms with Gasteiger partial charge in [0.1, 0.15) is 0 Å². The second-order valence-electron chi connectivity index (χ2n) is 2.49. The second kappa shape index (κ2) is 2.89. The molecule has 10 heavy (non-hydrogen) atoms. The zero-order valence-corrected chi connectivity index (χ0v) is 7.51. The van der Waals surface area contributed by atoms with Crippen LogP contribution in [0, 0.1) is 0 Å². The quantitative estimate of drug-likeness (QED) is 0.646. The Labute approximate surface area is 69.6 Å². The molecule has 0 aromatic rings. The van der Waals surface area contributed by atoms with Crippen LogP contribution in [0.25, 0.3) is 0 Å². The molecule has 1 nitrogen and oxygen atoms in total. The van der Waals surface area contributed by atoms with Gasteiger partial charge in [0.25, 0.3) is 0 Å². The lowest BCUT2D eigenvalue weighted by Crippen LogP contribution is -2.35. The van der Waals surface area contributed by atoms with E-state index in [1.165, 1.54) is 0 Å². The highest BCUT2D eigenvalue weighted by Gasteiger charge is 2.29. The third-order valence-corrected chi connectivity index (χ3v) is 2.92. The van der Waals surface area contributed by atoms with Crippen molar-refractivity contribution in [2.75, 3.05) is 0 Å². The van der Waals surface area contributed by atoms with Crippen LogP contribution < -0.4 is 0 Å². The Balaban J connectivity index is 2.77. The van der Waals surface area contributed by atoms with Crippen molar-refractivity contribution >= 4 is 15.9 Å². The lowest BCUT2D eigenvalue weighted by atomic mass is 9.93. The topological polar surface area (TPSA) is 20.2 Å². The number of hydrogen-bond acceptors (Lipinski definition) is 1. The van der Waals surface area contributed by atoms with Gasteiger partial charge >= 0.3 is 0 Å². The van der Waals surface area contributed by atoms with E-state index >= 15 is 0 Å². The average Bonchev–Trinajstić information content (AvgIpc) is 1.96. The van der Waals surface area contributed by atoms with Gasteiger partial charge in [-0.05, 0) is 6.42 Å². The number of aliphatic hydroxyl groups is 1. The van der Waals surface area contributed by atoms with E-state index in [1.54, 1.807) is 0 Å². The minimum atomic E-state index is -0.672. The summed E-state index contributed by atoms with van der Waals surface area (Å²) in [6.07, 6.45) is 8.32. The summed E-state index contributed by atoms with van der Waals surface area (Å²) in [7, 11) is 0. The van der Waals surface area contributed by atoms with Crippen LogP contribution in [-0.4, -0.2) is 15.5 Å². The molecule has 0 fully saturated rings. The van der Waals surface area contributed by atoms with Gasteiger partial charge in [-0.15, -0.1) is 0 Å². The van der Waals surface area contributed by atoms with E-state index in [4.69, 9.17) is 0 Å². The molecule has 1 N–H and O–H groups in total. The standard InChI is InChI=1S/C8H11BrO/c1-2-8(10)6-4-3-5-7(8)9/h3-7,10H,2H2,1H3. The molecule has 1 aliphatic rings. The van der Waals surface area contributed by atoms with Gasteiger partial charge in [-0.2, -0.15) is 0 Å². The van der Waals surface area contributed by atoms with Crippen molar-refractivity contribution < 1.29 is 5.11 Å². The summed E-state index contributed by atoms with van der Waals surface area (Å²) in [4.78, 5) is 0.0648. The van der Waals surface area contributed by atoms with Crippen molar-refractivity contribution in [2.45, 2.75) is 23.8 Å². The molecule has 0 aliphatic heterocycles. The highest BCUT2D eigenvalue weighted by Crippen LogP contribution is 2.27. The summed E-state index contributed by atoms with van der Waals surface area (Å²) in [5.74, 6) is 0. The molecule has 2 heteroatoms. The first kappa shape index (κ1) is 8.02. The molecule has 0 aromatic heterocycles. The lowest BCUT2D eigenvalue weighted by Gasteiger charge is -2.28. The van der Waals surface area contributed by atoms with E-state index in [-0.39, 0.29) is 4.83 Å². The highest BCUT2D eigenvalue weighted by molar-refractivity contribution is 9.09. The Hall–Kier alpha value is -0.0800. The molecule has 0 bridgehead atoms. The molecule has 0 heterocycles. The Kier molecular flexibility index (Phi) is 2.32. The summed E-state index contributed by atoms with van der Waals surface area (Å²) in [6.45, 7) is 1.97. The number of rotatable bonds is 1. The number of alkyl halides is 1. The fraction of sp³-hybridized carbons (Fsp3) is 0.500. The first-order chi connectivity index (χ1) is 4.69. The normalized spacial score (nSPS) is 38.5. The number of halogens is 1. The third kappa shape index (κ3) is 1.32. The van der Waals surface area contributed by atoms with E-state index < -0.39 is 5.60 Å². The van der Waals surface area contributed by atoms with Crippen molar-refractivity contribution in [3.05, 3.63) is 24.3 Å². The molecule has 0 saturated heterocycles. The molecule has 56 valence electrons. The van der Waals surface area contributed by atoms with Gasteiger partial charge in [0, 0.05) is 0 Å². The Morgan fingerprint density at radius 3 is 2.70 bits per heavy atom. The van der Waals surface area contributed by atoms with Gasteiger partial charge < -0.3 is 5.11 Å². The van der Waals surface area contributed by atoms with E-state index in [0.29, 0.717) is 0 Å². The smallest absolute Gasteiger partial charge is 0.0987 e. The van der Waals surface area contributed by atoms with Crippen molar-refractivity contribution in [3.8, 4) is 0 Å². The van der Waals surface area contributed by atoms with Crippen LogP contribution >= 0.6 is 15.9 Å². The fourth-order valence-electron chi connectivity index (χ4n) is 0.955. The molecule has 0 aromatic carbocycles. The van der Waals surface area contributed by atoms with E-state index in [1.807, 2.05) is 31.2 Å². The van der Waals surface area contributed by atoms with Crippen LogP contribution in [0.15, 0.2) is 24.3 Å². The zero-order chi connectivity index (χ0) is 7.61. The van der Waals surface area contributed by atoms with Crippen molar-refractivity contribution in [2.24, 2.45) is 0 Å². The van der Waals surface area contributed by atoms with Gasteiger partial charge in [0.05, 0.1) is 10.4 Å². The SMILES string of the molecule is CCC1(O)C=CC=CC1Br. The maximum atomic E-state index is 9.76. The van der Waals surface area contributed by atoms with Gasteiger partial charge in [-0.1, -0.05) is 47.2 Å². The molecular formula is C8H11BrO. The fourth-order valence-corrected chi connectivity index (χ4v) is 1.61. The summed E-state index contributed by atoms with van der Waals surface area (Å²) >= 11 is 3.38. The van der Waals surface area contributed by atoms with E-state index in [9.17, 15) is 5.11 Å². The van der Waals surface area contributed by atoms with Crippen LogP contribution in [0.2, 0.25) is 0 Å². The maximum Gasteiger partial charge on any atom is 0.0987 e. The van der Waals surface area contributed by atoms with E-state index in [0.717, 1.165) is 6.42 Å². The molecule has 1 rings (SSSR count). The molecule has 0 saturated carbocycles. The molecule has 2 unspecified atom stereocenters. The summed E-state index contributed by atoms with van der Waals surface area (Å²) in [6, 6.07) is 0. The summed E-state index contributed by atoms with van der Waals surface area (Å²) in [5, 5.41) is 9.76. The molecule has 0 amide bonds.